The van der Waals surface area contributed by atoms with Crippen LogP contribution in [-0.2, 0) is 30.8 Å². The first-order valence-electron chi connectivity index (χ1n) is 8.08. The Kier molecular flexibility index (Phi) is 9.07. The standard InChI is InChI=1S/C17H16ClF3O6S.Na.H/c1-28(25,26)13-6-5-9(15(18)10(13)7-27-8-17(19,20)21)16(24)14-11(22)3-2-4-12(14)23;;/h5-6,14H,2-4,7-8H2,1H3;;. The number of sulfone groups is 1. The van der Waals surface area contributed by atoms with Crippen LogP contribution in [0.5, 0.6) is 0 Å². The molecule has 0 saturated heterocycles. The molecule has 1 aromatic rings. The maximum absolute atomic E-state index is 12.7. The van der Waals surface area contributed by atoms with Crippen molar-refractivity contribution in [3.8, 4) is 0 Å². The molecule has 1 saturated carbocycles. The van der Waals surface area contributed by atoms with Crippen LogP contribution in [0.1, 0.15) is 35.2 Å². The Morgan fingerprint density at radius 2 is 1.76 bits per heavy atom. The van der Waals surface area contributed by atoms with Crippen LogP contribution in [0, 0.1) is 5.92 Å². The van der Waals surface area contributed by atoms with Crippen LogP contribution in [0.2, 0.25) is 5.02 Å². The van der Waals surface area contributed by atoms with Gasteiger partial charge in [-0.25, -0.2) is 8.42 Å². The molecule has 0 radical (unpaired) electrons. The Hall–Kier alpha value is -0.780. The van der Waals surface area contributed by atoms with Gasteiger partial charge in [-0.2, -0.15) is 13.2 Å². The number of carbonyl (C=O) groups excluding carboxylic acids is 3. The maximum atomic E-state index is 12.7. The van der Waals surface area contributed by atoms with Gasteiger partial charge in [-0.3, -0.25) is 14.4 Å². The summed E-state index contributed by atoms with van der Waals surface area (Å²) >= 11 is 6.11. The van der Waals surface area contributed by atoms with E-state index < -0.39 is 62.4 Å². The summed E-state index contributed by atoms with van der Waals surface area (Å²) in [5.41, 5.74) is -0.650. The average molecular weight is 465 g/mol. The van der Waals surface area contributed by atoms with Gasteiger partial charge in [-0.1, -0.05) is 11.6 Å². The number of ketones is 3. The molecule has 0 unspecified atom stereocenters. The fraction of sp³-hybridized carbons (Fsp3) is 0.471. The zero-order chi connectivity index (χ0) is 21.3. The molecule has 0 aliphatic heterocycles. The third-order valence-corrected chi connectivity index (χ3v) is 5.74. The van der Waals surface area contributed by atoms with E-state index in [1.165, 1.54) is 0 Å². The third kappa shape index (κ3) is 6.60. The fourth-order valence-electron chi connectivity index (χ4n) is 2.90. The molecule has 1 fully saturated rings. The predicted octanol–water partition coefficient (Wildman–Crippen LogP) is 2.29. The van der Waals surface area contributed by atoms with Gasteiger partial charge in [0.25, 0.3) is 0 Å². The van der Waals surface area contributed by atoms with Crippen molar-refractivity contribution in [1.82, 2.24) is 0 Å². The van der Waals surface area contributed by atoms with Gasteiger partial charge in [-0.05, 0) is 18.6 Å². The van der Waals surface area contributed by atoms with Crippen molar-refractivity contribution >= 4 is 68.3 Å². The summed E-state index contributed by atoms with van der Waals surface area (Å²) in [6.45, 7) is -2.47. The molecule has 0 amide bonds. The molecular weight excluding hydrogens is 448 g/mol. The molecule has 0 bridgehead atoms. The van der Waals surface area contributed by atoms with E-state index in [4.69, 9.17) is 11.6 Å². The third-order valence-electron chi connectivity index (χ3n) is 4.13. The monoisotopic (exact) mass is 464 g/mol. The molecule has 0 spiro atoms. The Morgan fingerprint density at radius 1 is 1.21 bits per heavy atom. The van der Waals surface area contributed by atoms with Crippen molar-refractivity contribution in [3.05, 3.63) is 28.3 Å². The first-order valence-corrected chi connectivity index (χ1v) is 10.4. The van der Waals surface area contributed by atoms with Crippen LogP contribution in [0.15, 0.2) is 17.0 Å². The van der Waals surface area contributed by atoms with Crippen LogP contribution >= 0.6 is 11.6 Å². The number of rotatable bonds is 6. The van der Waals surface area contributed by atoms with Crippen LogP contribution < -0.4 is 0 Å². The number of hydrogen-bond acceptors (Lipinski definition) is 6. The van der Waals surface area contributed by atoms with Crippen LogP contribution in [0.3, 0.4) is 0 Å². The summed E-state index contributed by atoms with van der Waals surface area (Å²) in [4.78, 5) is 36.3. The van der Waals surface area contributed by atoms with Crippen LogP contribution in [-0.4, -0.2) is 74.4 Å². The van der Waals surface area contributed by atoms with Crippen molar-refractivity contribution in [2.24, 2.45) is 5.92 Å². The summed E-state index contributed by atoms with van der Waals surface area (Å²) in [5.74, 6) is -3.59. The molecule has 29 heavy (non-hydrogen) atoms. The van der Waals surface area contributed by atoms with E-state index in [1.54, 1.807) is 0 Å². The quantitative estimate of drug-likeness (QED) is 0.364. The molecule has 1 aromatic carbocycles. The summed E-state index contributed by atoms with van der Waals surface area (Å²) in [6.07, 6.45) is -3.40. The van der Waals surface area contributed by atoms with Gasteiger partial charge >= 0.3 is 35.7 Å². The van der Waals surface area contributed by atoms with Crippen LogP contribution in [0.25, 0.3) is 0 Å². The van der Waals surface area contributed by atoms with E-state index >= 15 is 0 Å². The van der Waals surface area contributed by atoms with E-state index in [9.17, 15) is 36.0 Å². The first kappa shape index (κ1) is 26.3. The van der Waals surface area contributed by atoms with Gasteiger partial charge in [0.15, 0.2) is 27.2 Å². The normalized spacial score (nSPS) is 15.9. The Labute approximate surface area is 192 Å². The molecule has 6 nitrogen and oxygen atoms in total. The summed E-state index contributed by atoms with van der Waals surface area (Å²) < 4.78 is 65.3. The van der Waals surface area contributed by atoms with Gasteiger partial charge < -0.3 is 4.74 Å². The van der Waals surface area contributed by atoms with E-state index in [0.717, 1.165) is 18.4 Å². The van der Waals surface area contributed by atoms with Gasteiger partial charge in [0, 0.05) is 30.2 Å². The van der Waals surface area contributed by atoms with Gasteiger partial charge in [0.1, 0.15) is 12.5 Å². The number of ether oxygens (including phenoxy) is 1. The first-order chi connectivity index (χ1) is 12.8. The molecule has 156 valence electrons. The van der Waals surface area contributed by atoms with Crippen molar-refractivity contribution in [2.75, 3.05) is 12.9 Å². The van der Waals surface area contributed by atoms with E-state index in [2.05, 4.69) is 4.74 Å². The molecule has 1 aliphatic rings. The van der Waals surface area contributed by atoms with Gasteiger partial charge in [-0.15, -0.1) is 0 Å². The number of alkyl halides is 3. The number of benzene rings is 1. The second-order valence-corrected chi connectivity index (χ2v) is 8.73. The molecule has 0 aromatic heterocycles. The average Bonchev–Trinajstić information content (AvgIpc) is 2.53. The minimum absolute atomic E-state index is 0. The molecular formula is C17H17ClF3NaO6S. The van der Waals surface area contributed by atoms with E-state index in [-0.39, 0.29) is 53.5 Å². The van der Waals surface area contributed by atoms with Gasteiger partial charge in [0.05, 0.1) is 16.5 Å². The van der Waals surface area contributed by atoms with Crippen LogP contribution in [0.4, 0.5) is 13.2 Å². The second kappa shape index (κ2) is 10.0. The SMILES string of the molecule is CS(=O)(=O)c1ccc(C(=O)C2C(=O)CCCC2=O)c(Cl)c1COCC(F)(F)F.[NaH]. The van der Waals surface area contributed by atoms with Gasteiger partial charge in [0.2, 0.25) is 0 Å². The number of carbonyl (C=O) groups is 3. The summed E-state index contributed by atoms with van der Waals surface area (Å²) in [5, 5.41) is -0.457. The predicted molar refractivity (Wildman–Crippen MR) is 99.1 cm³/mol. The topological polar surface area (TPSA) is 94.6 Å². The fourth-order valence-corrected chi connectivity index (χ4v) is 4.19. The number of Topliss-reactive ketones (excluding diaryl/α,β-unsaturated/α-hetero) is 3. The Bertz CT molecular complexity index is 914. The zero-order valence-electron chi connectivity index (χ0n) is 14.6. The molecule has 0 N–H and O–H groups in total. The Morgan fingerprint density at radius 3 is 2.24 bits per heavy atom. The van der Waals surface area contributed by atoms with E-state index in [0.29, 0.717) is 6.42 Å². The molecule has 0 atom stereocenters. The van der Waals surface area contributed by atoms with E-state index in [1.807, 2.05) is 0 Å². The molecule has 2 rings (SSSR count). The Balaban J connectivity index is 0.00000420. The molecule has 12 heteroatoms. The summed E-state index contributed by atoms with van der Waals surface area (Å²) in [7, 11) is -3.90. The van der Waals surface area contributed by atoms with Crippen molar-refractivity contribution < 1.29 is 40.7 Å². The van der Waals surface area contributed by atoms with Crippen molar-refractivity contribution in [2.45, 2.75) is 36.9 Å². The second-order valence-electron chi connectivity index (χ2n) is 6.37. The number of halogens is 4. The summed E-state index contributed by atoms with van der Waals surface area (Å²) in [6, 6.07) is 2.04. The van der Waals surface area contributed by atoms with Crippen molar-refractivity contribution in [1.29, 1.82) is 0 Å². The zero-order valence-corrected chi connectivity index (χ0v) is 16.2. The molecule has 1 aliphatic carbocycles. The number of hydrogen-bond donors (Lipinski definition) is 0. The minimum atomic E-state index is -4.65. The van der Waals surface area contributed by atoms with Crippen molar-refractivity contribution in [3.63, 3.8) is 0 Å². The molecule has 0 heterocycles.